The van der Waals surface area contributed by atoms with Crippen molar-refractivity contribution in [1.82, 2.24) is 4.90 Å². The fraction of sp³-hybridized carbons (Fsp3) is 0.333. The molecule has 5 heteroatoms. The number of hydrogen-bond donors (Lipinski definition) is 1. The average Bonchev–Trinajstić information content (AvgIpc) is 2.59. The van der Waals surface area contributed by atoms with Crippen molar-refractivity contribution >= 4 is 29.3 Å². The molecule has 2 aromatic carbocycles. The third-order valence-corrected chi connectivity index (χ3v) is 5.26. The van der Waals surface area contributed by atoms with Gasteiger partial charge >= 0.3 is 0 Å². The molecule has 0 saturated heterocycles. The van der Waals surface area contributed by atoms with Gasteiger partial charge in [0.2, 0.25) is 11.8 Å². The highest BCUT2D eigenvalue weighted by molar-refractivity contribution is 7.99. The summed E-state index contributed by atoms with van der Waals surface area (Å²) in [4.78, 5) is 26.0. The number of thioether (sulfide) groups is 1. The first-order valence-electron chi connectivity index (χ1n) is 8.60. The van der Waals surface area contributed by atoms with Gasteiger partial charge in [0.05, 0.1) is 12.3 Å². The summed E-state index contributed by atoms with van der Waals surface area (Å²) < 4.78 is 0. The van der Waals surface area contributed by atoms with Gasteiger partial charge in [0.25, 0.3) is 0 Å². The zero-order valence-electron chi connectivity index (χ0n) is 15.8. The third-order valence-electron chi connectivity index (χ3n) is 4.30. The Bertz CT molecular complexity index is 769. The van der Waals surface area contributed by atoms with Crippen LogP contribution in [0.1, 0.15) is 22.3 Å². The van der Waals surface area contributed by atoms with Crippen LogP contribution in [0.15, 0.2) is 42.5 Å². The molecule has 2 aromatic rings. The van der Waals surface area contributed by atoms with Crippen LogP contribution in [-0.2, 0) is 15.3 Å². The third kappa shape index (κ3) is 5.63. The molecule has 0 aliphatic rings. The molecular formula is C21H26N2O2S. The summed E-state index contributed by atoms with van der Waals surface area (Å²) in [7, 11) is 1.67. The summed E-state index contributed by atoms with van der Waals surface area (Å²) in [5, 5.41) is 2.91. The van der Waals surface area contributed by atoms with Crippen molar-refractivity contribution in [3.05, 3.63) is 64.7 Å². The highest BCUT2D eigenvalue weighted by atomic mass is 32.2. The van der Waals surface area contributed by atoms with Gasteiger partial charge in [-0.1, -0.05) is 42.5 Å². The monoisotopic (exact) mass is 370 g/mol. The maximum Gasteiger partial charge on any atom is 0.243 e. The van der Waals surface area contributed by atoms with Crippen molar-refractivity contribution in [3.63, 3.8) is 0 Å². The summed E-state index contributed by atoms with van der Waals surface area (Å²) in [6.07, 6.45) is 0. The van der Waals surface area contributed by atoms with Crippen molar-refractivity contribution in [2.24, 2.45) is 0 Å². The predicted molar refractivity (Wildman–Crippen MR) is 110 cm³/mol. The SMILES string of the molecule is Cc1ccccc1CSCC(=O)N(C)CC(=O)Nc1c(C)cccc1C. The molecule has 2 amide bonds. The lowest BCUT2D eigenvalue weighted by Gasteiger charge is -2.18. The van der Waals surface area contributed by atoms with Crippen LogP contribution in [0.5, 0.6) is 0 Å². The summed E-state index contributed by atoms with van der Waals surface area (Å²) in [6, 6.07) is 14.0. The number of benzene rings is 2. The molecule has 138 valence electrons. The van der Waals surface area contributed by atoms with E-state index in [2.05, 4.69) is 24.4 Å². The Morgan fingerprint density at radius 1 is 0.962 bits per heavy atom. The quantitative estimate of drug-likeness (QED) is 0.803. The number of nitrogens with one attached hydrogen (secondary N) is 1. The van der Waals surface area contributed by atoms with E-state index in [1.165, 1.54) is 16.0 Å². The summed E-state index contributed by atoms with van der Waals surface area (Å²) in [5.74, 6) is 0.935. The fourth-order valence-electron chi connectivity index (χ4n) is 2.62. The van der Waals surface area contributed by atoms with Gasteiger partial charge < -0.3 is 10.2 Å². The molecule has 0 aliphatic carbocycles. The summed E-state index contributed by atoms with van der Waals surface area (Å²) >= 11 is 1.57. The number of para-hydroxylation sites is 1. The van der Waals surface area contributed by atoms with Crippen molar-refractivity contribution in [1.29, 1.82) is 0 Å². The molecule has 0 spiro atoms. The Balaban J connectivity index is 1.81. The van der Waals surface area contributed by atoms with Crippen LogP contribution in [0.2, 0.25) is 0 Å². The highest BCUT2D eigenvalue weighted by Crippen LogP contribution is 2.19. The minimum absolute atomic E-state index is 0.0414. The summed E-state index contributed by atoms with van der Waals surface area (Å²) in [5.41, 5.74) is 5.32. The van der Waals surface area contributed by atoms with Gasteiger partial charge in [0.1, 0.15) is 0 Å². The zero-order chi connectivity index (χ0) is 19.1. The standard InChI is InChI=1S/C21H26N2O2S/c1-15-8-5-6-11-18(15)13-26-14-20(25)23(4)12-19(24)22-21-16(2)9-7-10-17(21)3/h5-11H,12-14H2,1-4H3,(H,22,24). The highest BCUT2D eigenvalue weighted by Gasteiger charge is 2.14. The van der Waals surface area contributed by atoms with Crippen molar-refractivity contribution in [3.8, 4) is 0 Å². The van der Waals surface area contributed by atoms with E-state index in [1.54, 1.807) is 18.8 Å². The second-order valence-corrected chi connectivity index (χ2v) is 7.47. The molecule has 0 atom stereocenters. The van der Waals surface area contributed by atoms with Gasteiger partial charge in [-0.3, -0.25) is 9.59 Å². The molecule has 0 aliphatic heterocycles. The van der Waals surface area contributed by atoms with Gasteiger partial charge in [-0.25, -0.2) is 0 Å². The van der Waals surface area contributed by atoms with Crippen LogP contribution in [0, 0.1) is 20.8 Å². The number of rotatable bonds is 7. The lowest BCUT2D eigenvalue weighted by Crippen LogP contribution is -2.36. The molecule has 0 fully saturated rings. The smallest absolute Gasteiger partial charge is 0.243 e. The summed E-state index contributed by atoms with van der Waals surface area (Å²) in [6.45, 7) is 6.04. The second kappa shape index (κ2) is 9.43. The van der Waals surface area contributed by atoms with Crippen LogP contribution in [0.4, 0.5) is 5.69 Å². The molecule has 0 saturated carbocycles. The number of aryl methyl sites for hydroxylation is 3. The first-order valence-corrected chi connectivity index (χ1v) is 9.76. The largest absolute Gasteiger partial charge is 0.336 e. The molecule has 0 aromatic heterocycles. The first kappa shape index (κ1) is 20.0. The maximum absolute atomic E-state index is 12.3. The molecule has 26 heavy (non-hydrogen) atoms. The molecule has 1 N–H and O–H groups in total. The zero-order valence-corrected chi connectivity index (χ0v) is 16.7. The van der Waals surface area contributed by atoms with E-state index in [-0.39, 0.29) is 18.4 Å². The Kier molecular flexibility index (Phi) is 7.27. The molecule has 0 bridgehead atoms. The van der Waals surface area contributed by atoms with E-state index in [0.717, 1.165) is 22.6 Å². The number of hydrogen-bond acceptors (Lipinski definition) is 3. The molecular weight excluding hydrogens is 344 g/mol. The van der Waals surface area contributed by atoms with E-state index in [1.807, 2.05) is 44.2 Å². The molecule has 0 unspecified atom stereocenters. The van der Waals surface area contributed by atoms with E-state index >= 15 is 0 Å². The Hall–Kier alpha value is -2.27. The average molecular weight is 371 g/mol. The van der Waals surface area contributed by atoms with Crippen LogP contribution in [0.25, 0.3) is 0 Å². The van der Waals surface area contributed by atoms with Crippen molar-refractivity contribution in [2.45, 2.75) is 26.5 Å². The minimum atomic E-state index is -0.179. The Morgan fingerprint density at radius 2 is 1.58 bits per heavy atom. The fourth-order valence-corrected chi connectivity index (χ4v) is 3.67. The van der Waals surface area contributed by atoms with Crippen LogP contribution in [-0.4, -0.2) is 36.1 Å². The molecule has 0 radical (unpaired) electrons. The number of nitrogens with zero attached hydrogens (tertiary/aromatic N) is 1. The Labute approximate surface area is 160 Å². The van der Waals surface area contributed by atoms with Crippen molar-refractivity contribution in [2.75, 3.05) is 24.7 Å². The van der Waals surface area contributed by atoms with Gasteiger partial charge in [-0.05, 0) is 43.0 Å². The molecule has 4 nitrogen and oxygen atoms in total. The van der Waals surface area contributed by atoms with Crippen molar-refractivity contribution < 1.29 is 9.59 Å². The van der Waals surface area contributed by atoms with E-state index in [4.69, 9.17) is 0 Å². The Morgan fingerprint density at radius 3 is 2.23 bits per heavy atom. The van der Waals surface area contributed by atoms with E-state index in [9.17, 15) is 9.59 Å². The first-order chi connectivity index (χ1) is 12.4. The lowest BCUT2D eigenvalue weighted by atomic mass is 10.1. The number of carbonyl (C=O) groups is 2. The lowest BCUT2D eigenvalue weighted by molar-refractivity contribution is -0.131. The van der Waals surface area contributed by atoms with Gasteiger partial charge in [0.15, 0.2) is 0 Å². The second-order valence-electron chi connectivity index (χ2n) is 6.48. The van der Waals surface area contributed by atoms with Gasteiger partial charge in [-0.15, -0.1) is 11.8 Å². The predicted octanol–water partition coefficient (Wildman–Crippen LogP) is 3.94. The topological polar surface area (TPSA) is 49.4 Å². The molecule has 2 rings (SSSR count). The van der Waals surface area contributed by atoms with E-state index < -0.39 is 0 Å². The minimum Gasteiger partial charge on any atom is -0.336 e. The van der Waals surface area contributed by atoms with Crippen LogP contribution < -0.4 is 5.32 Å². The van der Waals surface area contributed by atoms with Gasteiger partial charge in [0, 0.05) is 18.5 Å². The van der Waals surface area contributed by atoms with Crippen LogP contribution >= 0.6 is 11.8 Å². The number of anilines is 1. The molecule has 0 heterocycles. The van der Waals surface area contributed by atoms with Crippen LogP contribution in [0.3, 0.4) is 0 Å². The van der Waals surface area contributed by atoms with Gasteiger partial charge in [-0.2, -0.15) is 0 Å². The van der Waals surface area contributed by atoms with E-state index in [0.29, 0.717) is 5.75 Å². The number of amides is 2. The number of carbonyl (C=O) groups excluding carboxylic acids is 2. The maximum atomic E-state index is 12.3. The normalized spacial score (nSPS) is 10.5. The number of likely N-dealkylation sites (N-methyl/N-ethyl adjacent to an activating group) is 1.